The Morgan fingerprint density at radius 2 is 1.47 bits per heavy atom. The van der Waals surface area contributed by atoms with Crippen LogP contribution in [0.1, 0.15) is 33.6 Å². The Bertz CT molecular complexity index is 1060. The maximum atomic E-state index is 13.0. The monoisotopic (exact) mass is 563 g/mol. The molecule has 4 atom stereocenters. The second-order valence-electron chi connectivity index (χ2n) is 7.68. The van der Waals surface area contributed by atoms with E-state index < -0.39 is 11.9 Å². The molecule has 166 valence electrons. The Labute approximate surface area is 201 Å². The topological polar surface area (TPSA) is 90.0 Å². The maximum absolute atomic E-state index is 13.0. The lowest BCUT2D eigenvalue weighted by Gasteiger charge is -2.29. The van der Waals surface area contributed by atoms with Crippen LogP contribution in [0.4, 0.5) is 5.69 Å². The van der Waals surface area contributed by atoms with E-state index in [0.29, 0.717) is 24.1 Å². The minimum atomic E-state index is -0.643. The molecule has 0 unspecified atom stereocenters. The van der Waals surface area contributed by atoms with E-state index in [2.05, 4.69) is 36.6 Å². The number of ether oxygens (including phenoxy) is 2. The summed E-state index contributed by atoms with van der Waals surface area (Å²) in [6.45, 7) is 0. The Morgan fingerprint density at radius 3 is 2.03 bits per heavy atom. The molecule has 1 saturated carbocycles. The largest absolute Gasteiger partial charge is 0.465 e. The van der Waals surface area contributed by atoms with Crippen LogP contribution in [-0.4, -0.2) is 40.5 Å². The van der Waals surface area contributed by atoms with Crippen molar-refractivity contribution < 1.29 is 28.7 Å². The average molecular weight is 565 g/mol. The molecule has 2 aromatic carbocycles. The first-order valence-electron chi connectivity index (χ1n) is 9.96. The van der Waals surface area contributed by atoms with E-state index in [4.69, 9.17) is 4.74 Å². The summed E-state index contributed by atoms with van der Waals surface area (Å²) in [5.74, 6) is -2.11. The predicted octanol–water partition coefficient (Wildman–Crippen LogP) is 4.12. The minimum absolute atomic E-state index is 0.118. The summed E-state index contributed by atoms with van der Waals surface area (Å²) >= 11 is 7.15. The van der Waals surface area contributed by atoms with E-state index in [1.165, 1.54) is 42.3 Å². The van der Waals surface area contributed by atoms with E-state index >= 15 is 0 Å². The predicted molar refractivity (Wildman–Crippen MR) is 123 cm³/mol. The van der Waals surface area contributed by atoms with E-state index in [9.17, 15) is 19.2 Å². The van der Waals surface area contributed by atoms with Gasteiger partial charge in [0.05, 0.1) is 35.8 Å². The third-order valence-corrected chi connectivity index (χ3v) is 8.47. The van der Waals surface area contributed by atoms with Gasteiger partial charge in [0.1, 0.15) is 5.75 Å². The van der Waals surface area contributed by atoms with Crippen LogP contribution in [0.25, 0.3) is 0 Å². The first kappa shape index (κ1) is 22.7. The Hall–Kier alpha value is -2.52. The highest BCUT2D eigenvalue weighted by atomic mass is 79.9. The highest BCUT2D eigenvalue weighted by molar-refractivity contribution is 9.12. The summed E-state index contributed by atoms with van der Waals surface area (Å²) in [4.78, 5) is 51.6. The standard InChI is InChI=1S/C23H19Br2NO6/c1-31-22(29)12-5-7-15(8-6-12)32-23(30)13-3-2-4-14(9-13)26-20(27)16-10-18(24)19(25)11-17(16)21(26)28/h2-9,16-19H,10-11H2,1H3/t16-,17+,18-,19-/m0/s1. The molecule has 0 N–H and O–H groups in total. The molecule has 2 aliphatic rings. The number of carbonyl (C=O) groups is 4. The van der Waals surface area contributed by atoms with Crippen molar-refractivity contribution in [2.45, 2.75) is 22.5 Å². The first-order valence-corrected chi connectivity index (χ1v) is 11.8. The lowest BCUT2D eigenvalue weighted by molar-refractivity contribution is -0.122. The number of carbonyl (C=O) groups excluding carboxylic acids is 4. The zero-order valence-electron chi connectivity index (χ0n) is 17.0. The molecule has 1 saturated heterocycles. The third-order valence-electron chi connectivity index (χ3n) is 5.74. The van der Waals surface area contributed by atoms with E-state index in [1.807, 2.05) is 0 Å². The molecule has 0 radical (unpaired) electrons. The van der Waals surface area contributed by atoms with Crippen molar-refractivity contribution in [2.75, 3.05) is 12.0 Å². The van der Waals surface area contributed by atoms with Crippen LogP contribution in [0.3, 0.4) is 0 Å². The van der Waals surface area contributed by atoms with Crippen LogP contribution in [0, 0.1) is 11.8 Å². The summed E-state index contributed by atoms with van der Waals surface area (Å²) in [7, 11) is 1.28. The molecule has 4 rings (SSSR count). The molecule has 0 bridgehead atoms. The highest BCUT2D eigenvalue weighted by Gasteiger charge is 2.52. The number of imide groups is 1. The van der Waals surface area contributed by atoms with Crippen LogP contribution in [0.5, 0.6) is 5.75 Å². The second-order valence-corrected chi connectivity index (χ2v) is 10.0. The van der Waals surface area contributed by atoms with Gasteiger partial charge in [-0.2, -0.15) is 0 Å². The number of fused-ring (bicyclic) bond motifs is 1. The fraction of sp³-hybridized carbons (Fsp3) is 0.304. The number of esters is 2. The molecule has 0 spiro atoms. The molecule has 1 aliphatic heterocycles. The molecular formula is C23H19Br2NO6. The number of alkyl halides is 2. The Kier molecular flexibility index (Phi) is 6.48. The van der Waals surface area contributed by atoms with Gasteiger partial charge >= 0.3 is 11.9 Å². The van der Waals surface area contributed by atoms with E-state index in [-0.39, 0.29) is 44.6 Å². The van der Waals surface area contributed by atoms with Crippen molar-refractivity contribution >= 4 is 61.3 Å². The Balaban J connectivity index is 1.52. The van der Waals surface area contributed by atoms with Gasteiger partial charge in [0, 0.05) is 9.65 Å². The molecule has 2 aromatic rings. The van der Waals surface area contributed by atoms with Crippen LogP contribution in [0.2, 0.25) is 0 Å². The molecule has 1 aliphatic carbocycles. The normalized spacial score (nSPS) is 24.8. The molecular weight excluding hydrogens is 546 g/mol. The van der Waals surface area contributed by atoms with Gasteiger partial charge in [-0.3, -0.25) is 14.5 Å². The second kappa shape index (κ2) is 9.15. The fourth-order valence-corrected chi connectivity index (χ4v) is 5.30. The van der Waals surface area contributed by atoms with Crippen LogP contribution in [-0.2, 0) is 14.3 Å². The number of halogens is 2. The lowest BCUT2D eigenvalue weighted by Crippen LogP contribution is -2.34. The fourth-order valence-electron chi connectivity index (χ4n) is 4.06. The molecule has 32 heavy (non-hydrogen) atoms. The minimum Gasteiger partial charge on any atom is -0.465 e. The molecule has 2 fully saturated rings. The number of nitrogens with zero attached hydrogens (tertiary/aromatic N) is 1. The van der Waals surface area contributed by atoms with Gasteiger partial charge in [-0.05, 0) is 55.3 Å². The van der Waals surface area contributed by atoms with Gasteiger partial charge in [-0.15, -0.1) is 0 Å². The van der Waals surface area contributed by atoms with Crippen molar-refractivity contribution in [1.29, 1.82) is 0 Å². The molecule has 9 heteroatoms. The maximum Gasteiger partial charge on any atom is 0.343 e. The number of methoxy groups -OCH3 is 1. The van der Waals surface area contributed by atoms with Crippen LogP contribution >= 0.6 is 31.9 Å². The van der Waals surface area contributed by atoms with Crippen molar-refractivity contribution in [2.24, 2.45) is 11.8 Å². The van der Waals surface area contributed by atoms with E-state index in [1.54, 1.807) is 18.2 Å². The lowest BCUT2D eigenvalue weighted by atomic mass is 9.81. The average Bonchev–Trinajstić information content (AvgIpc) is 3.03. The van der Waals surface area contributed by atoms with Gasteiger partial charge in [-0.25, -0.2) is 9.59 Å². The van der Waals surface area contributed by atoms with Gasteiger partial charge < -0.3 is 9.47 Å². The van der Waals surface area contributed by atoms with Crippen molar-refractivity contribution in [3.05, 3.63) is 59.7 Å². The van der Waals surface area contributed by atoms with Crippen molar-refractivity contribution in [3.8, 4) is 5.75 Å². The number of hydrogen-bond acceptors (Lipinski definition) is 6. The molecule has 0 aromatic heterocycles. The summed E-state index contributed by atoms with van der Waals surface area (Å²) in [5, 5.41) is 0. The van der Waals surface area contributed by atoms with Gasteiger partial charge in [0.15, 0.2) is 0 Å². The highest BCUT2D eigenvalue weighted by Crippen LogP contribution is 2.44. The molecule has 2 amide bonds. The molecule has 7 nitrogen and oxygen atoms in total. The summed E-state index contributed by atoms with van der Waals surface area (Å²) in [5.41, 5.74) is 0.882. The number of amides is 2. The summed E-state index contributed by atoms with van der Waals surface area (Å²) < 4.78 is 10.0. The first-order chi connectivity index (χ1) is 15.3. The Morgan fingerprint density at radius 1 is 0.875 bits per heavy atom. The molecule has 1 heterocycles. The van der Waals surface area contributed by atoms with Crippen molar-refractivity contribution in [1.82, 2.24) is 0 Å². The van der Waals surface area contributed by atoms with Gasteiger partial charge in [0.2, 0.25) is 11.8 Å². The van der Waals surface area contributed by atoms with Gasteiger partial charge in [0.25, 0.3) is 0 Å². The van der Waals surface area contributed by atoms with E-state index in [0.717, 1.165) is 0 Å². The zero-order chi connectivity index (χ0) is 23.0. The van der Waals surface area contributed by atoms with Gasteiger partial charge in [-0.1, -0.05) is 37.9 Å². The SMILES string of the molecule is COC(=O)c1ccc(OC(=O)c2cccc(N3C(=O)[C@H]4C[C@H](Br)[C@@H](Br)C[C@H]4C3=O)c2)cc1. The van der Waals surface area contributed by atoms with Crippen LogP contribution in [0.15, 0.2) is 48.5 Å². The number of hydrogen-bond donors (Lipinski definition) is 0. The quantitative estimate of drug-likeness (QED) is 0.240. The number of anilines is 1. The number of benzene rings is 2. The van der Waals surface area contributed by atoms with Crippen LogP contribution < -0.4 is 9.64 Å². The van der Waals surface area contributed by atoms with Crippen molar-refractivity contribution in [3.63, 3.8) is 0 Å². The summed E-state index contributed by atoms with van der Waals surface area (Å²) in [6, 6.07) is 12.2. The third kappa shape index (κ3) is 4.23. The smallest absolute Gasteiger partial charge is 0.343 e. The number of rotatable bonds is 4. The summed E-state index contributed by atoms with van der Waals surface area (Å²) in [6.07, 6.45) is 1.15. The zero-order valence-corrected chi connectivity index (χ0v) is 20.2.